The summed E-state index contributed by atoms with van der Waals surface area (Å²) in [6.45, 7) is 9.41. The molecule has 2 aromatic carbocycles. The van der Waals surface area contributed by atoms with E-state index in [0.29, 0.717) is 23.5 Å². The second-order valence-corrected chi connectivity index (χ2v) is 10.0. The number of hydrogen-bond donors (Lipinski definition) is 2. The number of nitrogens with zero attached hydrogens (tertiary/aromatic N) is 5. The summed E-state index contributed by atoms with van der Waals surface area (Å²) in [4.78, 5) is 27.9. The molecule has 1 aliphatic heterocycles. The van der Waals surface area contributed by atoms with Crippen molar-refractivity contribution in [2.45, 2.75) is 39.8 Å². The first kappa shape index (κ1) is 25.5. The van der Waals surface area contributed by atoms with Crippen molar-refractivity contribution in [2.75, 3.05) is 23.3 Å². The van der Waals surface area contributed by atoms with Crippen LogP contribution in [0.3, 0.4) is 0 Å². The fourth-order valence-electron chi connectivity index (χ4n) is 4.96. The molecule has 1 saturated heterocycles. The van der Waals surface area contributed by atoms with Crippen molar-refractivity contribution in [1.82, 2.24) is 19.6 Å². The average molecular weight is 522 g/mol. The zero-order chi connectivity index (χ0) is 27.3. The van der Waals surface area contributed by atoms with Gasteiger partial charge < -0.3 is 16.0 Å². The third-order valence-electron chi connectivity index (χ3n) is 6.93. The van der Waals surface area contributed by atoms with Crippen LogP contribution >= 0.6 is 0 Å². The number of rotatable bonds is 5. The van der Waals surface area contributed by atoms with E-state index in [0.717, 1.165) is 40.5 Å². The van der Waals surface area contributed by atoms with E-state index in [1.54, 1.807) is 6.07 Å². The van der Waals surface area contributed by atoms with E-state index in [1.807, 2.05) is 31.5 Å². The van der Waals surface area contributed by atoms with Crippen LogP contribution in [0.2, 0.25) is 0 Å². The molecule has 0 radical (unpaired) electrons. The molecule has 11 heteroatoms. The molecule has 3 heterocycles. The van der Waals surface area contributed by atoms with E-state index in [1.165, 1.54) is 12.1 Å². The fraction of sp³-hybridized carbons (Fsp3) is 0.333. The first-order valence-corrected chi connectivity index (χ1v) is 12.4. The SMILES string of the molecule is Cc1nn(C(C)C)c2ccc(NC(=O)c3ccc(=O)n(-c4c(F)cccc4F)n3)c(N3C[C@@H](C)[C@@H](N)C3)c12. The van der Waals surface area contributed by atoms with Gasteiger partial charge in [-0.2, -0.15) is 14.9 Å². The van der Waals surface area contributed by atoms with Gasteiger partial charge in [0.2, 0.25) is 0 Å². The van der Waals surface area contributed by atoms with Crippen molar-refractivity contribution in [3.63, 3.8) is 0 Å². The molecule has 0 bridgehead atoms. The Labute approximate surface area is 217 Å². The summed E-state index contributed by atoms with van der Waals surface area (Å²) < 4.78 is 31.2. The number of halogens is 2. The molecule has 3 N–H and O–H groups in total. The zero-order valence-corrected chi connectivity index (χ0v) is 21.6. The summed E-state index contributed by atoms with van der Waals surface area (Å²) >= 11 is 0. The number of nitrogens with two attached hydrogens (primary N) is 1. The van der Waals surface area contributed by atoms with Gasteiger partial charge in [-0.25, -0.2) is 8.78 Å². The van der Waals surface area contributed by atoms with Crippen LogP contribution in [0.4, 0.5) is 20.2 Å². The van der Waals surface area contributed by atoms with Crippen LogP contribution in [0.5, 0.6) is 0 Å². The standard InChI is InChI=1S/C27H29F2N7O2/c1-14(2)35-22-10-8-20(26(24(22)16(4)32-35)34-12-15(3)19(30)13-34)31-27(38)21-9-11-23(37)36(33-21)25-17(28)6-5-7-18(25)29/h5-11,14-15,19H,12-13,30H2,1-4H3,(H,31,38)/t15-,19+/m1/s1. The van der Waals surface area contributed by atoms with Gasteiger partial charge in [0.05, 0.1) is 22.6 Å². The Kier molecular flexibility index (Phi) is 6.47. The summed E-state index contributed by atoms with van der Waals surface area (Å²) in [7, 11) is 0. The molecule has 1 fully saturated rings. The van der Waals surface area contributed by atoms with E-state index >= 15 is 0 Å². The van der Waals surface area contributed by atoms with E-state index < -0.39 is 28.8 Å². The minimum atomic E-state index is -0.970. The number of fused-ring (bicyclic) bond motifs is 1. The molecule has 198 valence electrons. The predicted molar refractivity (Wildman–Crippen MR) is 142 cm³/mol. The summed E-state index contributed by atoms with van der Waals surface area (Å²) in [6.07, 6.45) is 0. The number of carbonyl (C=O) groups is 1. The topological polar surface area (TPSA) is 111 Å². The van der Waals surface area contributed by atoms with Gasteiger partial charge in [0.15, 0.2) is 11.6 Å². The molecule has 9 nitrogen and oxygen atoms in total. The number of aromatic nitrogens is 4. The second kappa shape index (κ2) is 9.64. The second-order valence-electron chi connectivity index (χ2n) is 10.0. The summed E-state index contributed by atoms with van der Waals surface area (Å²) in [5, 5.41) is 12.5. The molecular weight excluding hydrogens is 492 g/mol. The number of carbonyl (C=O) groups excluding carboxylic acids is 1. The van der Waals surface area contributed by atoms with Crippen molar-refractivity contribution in [1.29, 1.82) is 0 Å². The van der Waals surface area contributed by atoms with Gasteiger partial charge in [-0.1, -0.05) is 13.0 Å². The highest BCUT2D eigenvalue weighted by molar-refractivity contribution is 6.09. The van der Waals surface area contributed by atoms with E-state index in [-0.39, 0.29) is 23.7 Å². The highest BCUT2D eigenvalue weighted by Crippen LogP contribution is 2.40. The molecule has 0 unspecified atom stereocenters. The summed E-state index contributed by atoms with van der Waals surface area (Å²) in [6, 6.07) is 9.29. The Morgan fingerprint density at radius 1 is 1.05 bits per heavy atom. The molecule has 0 aliphatic carbocycles. The maximum atomic E-state index is 14.4. The lowest BCUT2D eigenvalue weighted by atomic mass is 10.1. The van der Waals surface area contributed by atoms with Gasteiger partial charge >= 0.3 is 0 Å². The van der Waals surface area contributed by atoms with Gasteiger partial charge in [-0.15, -0.1) is 0 Å². The normalized spacial score (nSPS) is 17.5. The van der Waals surface area contributed by atoms with Crippen LogP contribution in [0, 0.1) is 24.5 Å². The Bertz CT molecular complexity index is 1580. The van der Waals surface area contributed by atoms with E-state index in [2.05, 4.69) is 22.2 Å². The first-order valence-electron chi connectivity index (χ1n) is 12.4. The van der Waals surface area contributed by atoms with E-state index in [9.17, 15) is 18.4 Å². The highest BCUT2D eigenvalue weighted by atomic mass is 19.1. The highest BCUT2D eigenvalue weighted by Gasteiger charge is 2.31. The first-order chi connectivity index (χ1) is 18.1. The maximum Gasteiger partial charge on any atom is 0.276 e. The minimum absolute atomic E-state index is 0.0323. The van der Waals surface area contributed by atoms with Crippen molar-refractivity contribution in [3.05, 3.63) is 75.8 Å². The van der Waals surface area contributed by atoms with Crippen molar-refractivity contribution >= 4 is 28.2 Å². The summed E-state index contributed by atoms with van der Waals surface area (Å²) in [5.74, 6) is -2.33. The molecule has 2 aromatic heterocycles. The molecule has 4 aromatic rings. The number of aryl methyl sites for hydroxylation is 1. The van der Waals surface area contributed by atoms with Crippen LogP contribution in [0.25, 0.3) is 16.6 Å². The number of amides is 1. The number of para-hydroxylation sites is 1. The quantitative estimate of drug-likeness (QED) is 0.414. The molecule has 1 aliphatic rings. The lowest BCUT2D eigenvalue weighted by molar-refractivity contribution is 0.102. The Morgan fingerprint density at radius 2 is 1.76 bits per heavy atom. The van der Waals surface area contributed by atoms with Crippen LogP contribution in [-0.4, -0.2) is 44.6 Å². The molecular formula is C27H29F2N7O2. The molecule has 38 heavy (non-hydrogen) atoms. The lowest BCUT2D eigenvalue weighted by Crippen LogP contribution is -2.29. The van der Waals surface area contributed by atoms with E-state index in [4.69, 9.17) is 10.8 Å². The van der Waals surface area contributed by atoms with Gasteiger partial charge in [-0.05, 0) is 57.0 Å². The number of hydrogen-bond acceptors (Lipinski definition) is 6. The van der Waals surface area contributed by atoms with Crippen LogP contribution < -0.4 is 21.5 Å². The number of benzene rings is 2. The maximum absolute atomic E-state index is 14.4. The Balaban J connectivity index is 1.59. The molecule has 0 saturated carbocycles. The largest absolute Gasteiger partial charge is 0.367 e. The molecule has 2 atom stereocenters. The van der Waals surface area contributed by atoms with Gasteiger partial charge in [0.25, 0.3) is 11.5 Å². The van der Waals surface area contributed by atoms with Crippen LogP contribution in [0.15, 0.2) is 47.3 Å². The molecule has 0 spiro atoms. The predicted octanol–water partition coefficient (Wildman–Crippen LogP) is 3.79. The fourth-order valence-corrected chi connectivity index (χ4v) is 4.96. The Morgan fingerprint density at radius 3 is 2.39 bits per heavy atom. The van der Waals surface area contributed by atoms with Gasteiger partial charge in [0, 0.05) is 36.6 Å². The zero-order valence-electron chi connectivity index (χ0n) is 21.6. The van der Waals surface area contributed by atoms with Crippen molar-refractivity contribution in [2.24, 2.45) is 11.7 Å². The third kappa shape index (κ3) is 4.32. The van der Waals surface area contributed by atoms with Crippen molar-refractivity contribution < 1.29 is 13.6 Å². The monoisotopic (exact) mass is 521 g/mol. The minimum Gasteiger partial charge on any atom is -0.367 e. The van der Waals surface area contributed by atoms with Crippen LogP contribution in [0.1, 0.15) is 43.0 Å². The van der Waals surface area contributed by atoms with Gasteiger partial charge in [0.1, 0.15) is 11.4 Å². The summed E-state index contributed by atoms with van der Waals surface area (Å²) in [5.41, 5.74) is 7.80. The molecule has 5 rings (SSSR count). The van der Waals surface area contributed by atoms with Gasteiger partial charge in [-0.3, -0.25) is 14.3 Å². The molecule has 1 amide bonds. The van der Waals surface area contributed by atoms with Crippen molar-refractivity contribution in [3.8, 4) is 5.69 Å². The number of nitrogens with one attached hydrogen (secondary N) is 1. The smallest absolute Gasteiger partial charge is 0.276 e. The lowest BCUT2D eigenvalue weighted by Gasteiger charge is -2.24. The average Bonchev–Trinajstić information content (AvgIpc) is 3.38. The Hall–Kier alpha value is -4.12. The number of anilines is 2. The third-order valence-corrected chi connectivity index (χ3v) is 6.93. The van der Waals surface area contributed by atoms with Crippen LogP contribution in [-0.2, 0) is 0 Å².